The Kier molecular flexibility index (Phi) is 7.30. The highest BCUT2D eigenvalue weighted by Gasteiger charge is 2.11. The average Bonchev–Trinajstić information content (AvgIpc) is 2.80. The monoisotopic (exact) mass is 430 g/mol. The molecule has 2 aromatic carbocycles. The number of aliphatic hydroxyl groups is 1. The van der Waals surface area contributed by atoms with Crippen molar-refractivity contribution < 1.29 is 5.11 Å². The zero-order valence-electron chi connectivity index (χ0n) is 18.1. The number of benzene rings is 2. The SMILES string of the molecule is C=Nc1c(N)ncnc1NCO.CCc1cc2cccc(C)c2c(=O)n1-c1ccccc1. The molecule has 164 valence electrons. The van der Waals surface area contributed by atoms with E-state index in [-0.39, 0.29) is 18.1 Å². The largest absolute Gasteiger partial charge is 0.382 e. The molecule has 4 rings (SSSR count). The Bertz CT molecular complexity index is 1290. The Morgan fingerprint density at radius 1 is 1.16 bits per heavy atom. The van der Waals surface area contributed by atoms with Crippen molar-refractivity contribution in [2.75, 3.05) is 17.8 Å². The second-order valence-corrected chi connectivity index (χ2v) is 6.95. The summed E-state index contributed by atoms with van der Waals surface area (Å²) in [5.74, 6) is 0.607. The normalized spacial score (nSPS) is 10.3. The topological polar surface area (TPSA) is 118 Å². The van der Waals surface area contributed by atoms with Crippen molar-refractivity contribution in [3.8, 4) is 5.69 Å². The van der Waals surface area contributed by atoms with Crippen LogP contribution >= 0.6 is 0 Å². The fourth-order valence-electron chi connectivity index (χ4n) is 3.46. The lowest BCUT2D eigenvalue weighted by Gasteiger charge is -2.14. The molecule has 0 spiro atoms. The molecule has 4 N–H and O–H groups in total. The van der Waals surface area contributed by atoms with Crippen molar-refractivity contribution in [1.29, 1.82) is 0 Å². The minimum Gasteiger partial charge on any atom is -0.382 e. The van der Waals surface area contributed by atoms with Gasteiger partial charge in [0.05, 0.1) is 5.39 Å². The molecule has 8 heteroatoms. The first kappa shape index (κ1) is 22.6. The molecule has 2 aromatic heterocycles. The van der Waals surface area contributed by atoms with Gasteiger partial charge in [0.2, 0.25) is 0 Å². The van der Waals surface area contributed by atoms with Gasteiger partial charge in [0.15, 0.2) is 11.6 Å². The number of nitrogen functional groups attached to an aromatic ring is 1. The number of fused-ring (bicyclic) bond motifs is 1. The van der Waals surface area contributed by atoms with Crippen LogP contribution in [0.3, 0.4) is 0 Å². The van der Waals surface area contributed by atoms with Crippen molar-refractivity contribution in [2.45, 2.75) is 20.3 Å². The van der Waals surface area contributed by atoms with Crippen molar-refractivity contribution >= 4 is 34.8 Å². The number of hydrogen-bond acceptors (Lipinski definition) is 7. The molecule has 0 saturated heterocycles. The van der Waals surface area contributed by atoms with Gasteiger partial charge in [0, 0.05) is 11.4 Å². The molecule has 0 bridgehead atoms. The van der Waals surface area contributed by atoms with Gasteiger partial charge >= 0.3 is 0 Å². The second kappa shape index (κ2) is 10.3. The molecule has 0 unspecified atom stereocenters. The molecule has 0 aliphatic heterocycles. The standard InChI is InChI=1S/C18H17NO.C6H9N5O/c1-3-15-12-14-9-7-8-13(2)17(14)18(20)19(15)16-10-5-4-6-11-16;1-8-4-5(7)9-2-10-6(4)11-3-12/h4-12H,3H2,1-2H3;2,12H,1,3H2,(H3,7,9,10,11). The third kappa shape index (κ3) is 4.65. The van der Waals surface area contributed by atoms with Gasteiger partial charge in [-0.1, -0.05) is 43.3 Å². The number of aromatic nitrogens is 3. The molecule has 32 heavy (non-hydrogen) atoms. The molecule has 0 saturated carbocycles. The van der Waals surface area contributed by atoms with E-state index < -0.39 is 0 Å². The minimum atomic E-state index is -0.237. The number of nitrogens with two attached hydrogens (primary N) is 1. The lowest BCUT2D eigenvalue weighted by molar-refractivity contribution is 0.325. The van der Waals surface area contributed by atoms with Gasteiger partial charge in [0.25, 0.3) is 5.56 Å². The first-order valence-corrected chi connectivity index (χ1v) is 10.1. The van der Waals surface area contributed by atoms with E-state index >= 15 is 0 Å². The van der Waals surface area contributed by atoms with E-state index in [9.17, 15) is 4.79 Å². The van der Waals surface area contributed by atoms with E-state index in [1.165, 1.54) is 6.33 Å². The van der Waals surface area contributed by atoms with Gasteiger partial charge in [-0.25, -0.2) is 9.97 Å². The molecule has 8 nitrogen and oxygen atoms in total. The Balaban J connectivity index is 0.000000207. The zero-order chi connectivity index (χ0) is 23.1. The molecule has 0 radical (unpaired) electrons. The van der Waals surface area contributed by atoms with Gasteiger partial charge in [-0.2, -0.15) is 0 Å². The van der Waals surface area contributed by atoms with Gasteiger partial charge in [-0.05, 0) is 49.2 Å². The number of anilines is 2. The summed E-state index contributed by atoms with van der Waals surface area (Å²) in [6.07, 6.45) is 2.11. The molecule has 2 heterocycles. The van der Waals surface area contributed by atoms with Crippen molar-refractivity contribution in [3.05, 3.63) is 82.5 Å². The van der Waals surface area contributed by atoms with E-state index in [2.05, 4.69) is 40.0 Å². The summed E-state index contributed by atoms with van der Waals surface area (Å²) in [7, 11) is 0. The third-order valence-electron chi connectivity index (χ3n) is 4.96. The van der Waals surface area contributed by atoms with Crippen LogP contribution < -0.4 is 16.6 Å². The van der Waals surface area contributed by atoms with Gasteiger partial charge in [-0.3, -0.25) is 14.4 Å². The predicted molar refractivity (Wildman–Crippen MR) is 130 cm³/mol. The molecule has 0 atom stereocenters. The average molecular weight is 431 g/mol. The maximum atomic E-state index is 12.9. The maximum absolute atomic E-state index is 12.9. The van der Waals surface area contributed by atoms with Crippen LogP contribution in [0.1, 0.15) is 18.2 Å². The number of nitrogens with zero attached hydrogens (tertiary/aromatic N) is 4. The maximum Gasteiger partial charge on any atom is 0.263 e. The van der Waals surface area contributed by atoms with Crippen LogP contribution in [0.5, 0.6) is 0 Å². The lowest BCUT2D eigenvalue weighted by atomic mass is 10.1. The summed E-state index contributed by atoms with van der Waals surface area (Å²) in [6.45, 7) is 7.14. The van der Waals surface area contributed by atoms with Crippen LogP contribution in [0, 0.1) is 6.92 Å². The van der Waals surface area contributed by atoms with Crippen LogP contribution in [0.25, 0.3) is 16.5 Å². The number of nitrogens with one attached hydrogen (secondary N) is 1. The lowest BCUT2D eigenvalue weighted by Crippen LogP contribution is -2.22. The first-order valence-electron chi connectivity index (χ1n) is 10.1. The number of hydrogen-bond donors (Lipinski definition) is 3. The van der Waals surface area contributed by atoms with E-state index in [1.54, 1.807) is 0 Å². The highest BCUT2D eigenvalue weighted by Crippen LogP contribution is 2.26. The van der Waals surface area contributed by atoms with E-state index in [0.717, 1.165) is 34.1 Å². The van der Waals surface area contributed by atoms with Crippen LogP contribution in [0.2, 0.25) is 0 Å². The fourth-order valence-corrected chi connectivity index (χ4v) is 3.46. The smallest absolute Gasteiger partial charge is 0.263 e. The van der Waals surface area contributed by atoms with E-state index in [1.807, 2.05) is 60.0 Å². The molecule has 0 amide bonds. The van der Waals surface area contributed by atoms with Crippen molar-refractivity contribution in [1.82, 2.24) is 14.5 Å². The van der Waals surface area contributed by atoms with E-state index in [0.29, 0.717) is 11.5 Å². The molecule has 0 aliphatic rings. The summed E-state index contributed by atoms with van der Waals surface area (Å²) in [6, 6.07) is 18.0. The van der Waals surface area contributed by atoms with Crippen LogP contribution in [0.15, 0.2) is 70.7 Å². The molecular formula is C24H26N6O2. The van der Waals surface area contributed by atoms with Crippen LogP contribution in [0.4, 0.5) is 17.3 Å². The van der Waals surface area contributed by atoms with E-state index in [4.69, 9.17) is 10.8 Å². The van der Waals surface area contributed by atoms with Gasteiger partial charge < -0.3 is 16.2 Å². The summed E-state index contributed by atoms with van der Waals surface area (Å²) in [5.41, 5.74) is 8.88. The minimum absolute atomic E-state index is 0.0728. The number of para-hydroxylation sites is 1. The van der Waals surface area contributed by atoms with Gasteiger partial charge in [-0.15, -0.1) is 0 Å². The third-order valence-corrected chi connectivity index (χ3v) is 4.96. The zero-order valence-corrected chi connectivity index (χ0v) is 18.1. The predicted octanol–water partition coefficient (Wildman–Crippen LogP) is 3.61. The summed E-state index contributed by atoms with van der Waals surface area (Å²) in [5, 5.41) is 13.0. The quantitative estimate of drug-likeness (QED) is 0.329. The number of rotatable bonds is 5. The molecule has 0 fully saturated rings. The number of aryl methyl sites for hydroxylation is 2. The Morgan fingerprint density at radius 2 is 1.91 bits per heavy atom. The number of aliphatic imine (C=N–C) groups is 1. The van der Waals surface area contributed by atoms with Crippen LogP contribution in [-0.2, 0) is 6.42 Å². The Morgan fingerprint density at radius 3 is 2.56 bits per heavy atom. The highest BCUT2D eigenvalue weighted by molar-refractivity contribution is 5.85. The van der Waals surface area contributed by atoms with Crippen molar-refractivity contribution in [2.24, 2.45) is 4.99 Å². The van der Waals surface area contributed by atoms with Crippen LogP contribution in [-0.4, -0.2) is 33.1 Å². The first-order chi connectivity index (χ1) is 15.5. The summed E-state index contributed by atoms with van der Waals surface area (Å²) in [4.78, 5) is 24.0. The summed E-state index contributed by atoms with van der Waals surface area (Å²) >= 11 is 0. The highest BCUT2D eigenvalue weighted by atomic mass is 16.3. The summed E-state index contributed by atoms with van der Waals surface area (Å²) < 4.78 is 1.83. The number of aliphatic hydroxyl groups excluding tert-OH is 1. The van der Waals surface area contributed by atoms with Crippen molar-refractivity contribution in [3.63, 3.8) is 0 Å². The fraction of sp³-hybridized carbons (Fsp3) is 0.167. The number of pyridine rings is 1. The molecule has 0 aliphatic carbocycles. The second-order valence-electron chi connectivity index (χ2n) is 6.95. The Labute approximate surface area is 186 Å². The molecular weight excluding hydrogens is 404 g/mol. The molecule has 4 aromatic rings. The Hall–Kier alpha value is -4.04. The van der Waals surface area contributed by atoms with Gasteiger partial charge in [0.1, 0.15) is 18.7 Å².